The molecule has 1 fully saturated rings. The molecule has 0 saturated carbocycles. The Morgan fingerprint density at radius 3 is 2.82 bits per heavy atom. The van der Waals surface area contributed by atoms with Crippen molar-refractivity contribution in [2.24, 2.45) is 5.92 Å². The van der Waals surface area contributed by atoms with Crippen LogP contribution >= 0.6 is 11.6 Å². The molecule has 116 valence electrons. The van der Waals surface area contributed by atoms with Crippen molar-refractivity contribution >= 4 is 17.5 Å². The van der Waals surface area contributed by atoms with Gasteiger partial charge in [0.1, 0.15) is 5.69 Å². The molecule has 1 aliphatic heterocycles. The van der Waals surface area contributed by atoms with Gasteiger partial charge >= 0.3 is 0 Å². The lowest BCUT2D eigenvalue weighted by atomic mass is 9.99. The quantitative estimate of drug-likeness (QED) is 0.868. The first-order chi connectivity index (χ1) is 10.7. The number of aromatic nitrogens is 2. The molecular formula is C17H20ClN3O. The Hall–Kier alpha value is -1.81. The van der Waals surface area contributed by atoms with Crippen LogP contribution in [0.4, 0.5) is 0 Å². The fourth-order valence-electron chi connectivity index (χ4n) is 3.07. The van der Waals surface area contributed by atoms with Crippen molar-refractivity contribution in [3.8, 4) is 0 Å². The summed E-state index contributed by atoms with van der Waals surface area (Å²) >= 11 is 5.92. The maximum Gasteiger partial charge on any atom is 0.272 e. The first kappa shape index (κ1) is 15.1. The third kappa shape index (κ3) is 3.17. The van der Waals surface area contributed by atoms with E-state index in [1.807, 2.05) is 24.0 Å². The molecule has 4 nitrogen and oxygen atoms in total. The minimum Gasteiger partial charge on any atom is -0.337 e. The summed E-state index contributed by atoms with van der Waals surface area (Å²) in [4.78, 5) is 14.5. The zero-order valence-electron chi connectivity index (χ0n) is 12.7. The number of carbonyl (C=O) groups is 1. The van der Waals surface area contributed by atoms with E-state index in [0.717, 1.165) is 37.5 Å². The highest BCUT2D eigenvalue weighted by atomic mass is 35.5. The van der Waals surface area contributed by atoms with Crippen molar-refractivity contribution in [2.75, 3.05) is 13.1 Å². The lowest BCUT2D eigenvalue weighted by Gasteiger charge is -2.17. The molecule has 0 radical (unpaired) electrons. The van der Waals surface area contributed by atoms with Crippen LogP contribution in [0.5, 0.6) is 0 Å². The van der Waals surface area contributed by atoms with Crippen molar-refractivity contribution in [1.82, 2.24) is 14.7 Å². The molecule has 0 bridgehead atoms. The number of amides is 1. The van der Waals surface area contributed by atoms with Gasteiger partial charge in [0.05, 0.1) is 0 Å². The summed E-state index contributed by atoms with van der Waals surface area (Å²) in [6, 6.07) is 9.79. The molecule has 1 atom stereocenters. The Kier molecular flexibility index (Phi) is 4.48. The maximum absolute atomic E-state index is 12.6. The highest BCUT2D eigenvalue weighted by Gasteiger charge is 2.28. The van der Waals surface area contributed by atoms with Gasteiger partial charge in [-0.05, 0) is 49.4 Å². The first-order valence-electron chi connectivity index (χ1n) is 7.73. The average Bonchev–Trinajstić information content (AvgIpc) is 3.17. The van der Waals surface area contributed by atoms with Gasteiger partial charge in [-0.25, -0.2) is 0 Å². The summed E-state index contributed by atoms with van der Waals surface area (Å²) in [5.74, 6) is 0.612. The van der Waals surface area contributed by atoms with Gasteiger partial charge in [-0.3, -0.25) is 9.48 Å². The number of aryl methyl sites for hydroxylation is 1. The normalized spacial score (nSPS) is 17.9. The van der Waals surface area contributed by atoms with Crippen LogP contribution in [0, 0.1) is 5.92 Å². The largest absolute Gasteiger partial charge is 0.337 e. The van der Waals surface area contributed by atoms with E-state index in [1.165, 1.54) is 5.56 Å². The van der Waals surface area contributed by atoms with Crippen LogP contribution in [0.1, 0.15) is 29.4 Å². The zero-order valence-corrected chi connectivity index (χ0v) is 13.5. The van der Waals surface area contributed by atoms with Crippen LogP contribution < -0.4 is 0 Å². The number of hydrogen-bond donors (Lipinski definition) is 0. The molecule has 3 rings (SSSR count). The Labute approximate surface area is 135 Å². The number of benzene rings is 1. The van der Waals surface area contributed by atoms with E-state index in [1.54, 1.807) is 16.9 Å². The summed E-state index contributed by atoms with van der Waals surface area (Å²) in [5, 5.41) is 4.94. The molecule has 2 aromatic rings. The number of carbonyl (C=O) groups excluding carboxylic acids is 1. The van der Waals surface area contributed by atoms with Crippen molar-refractivity contribution in [1.29, 1.82) is 0 Å². The highest BCUT2D eigenvalue weighted by Crippen LogP contribution is 2.23. The molecule has 1 saturated heterocycles. The van der Waals surface area contributed by atoms with Crippen molar-refractivity contribution < 1.29 is 4.79 Å². The van der Waals surface area contributed by atoms with Crippen molar-refractivity contribution in [2.45, 2.75) is 26.3 Å². The van der Waals surface area contributed by atoms with Gasteiger partial charge in [0.2, 0.25) is 0 Å². The van der Waals surface area contributed by atoms with E-state index in [0.29, 0.717) is 11.6 Å². The van der Waals surface area contributed by atoms with Gasteiger partial charge in [0, 0.05) is 30.9 Å². The molecule has 1 aromatic carbocycles. The Morgan fingerprint density at radius 2 is 2.09 bits per heavy atom. The molecule has 0 N–H and O–H groups in total. The summed E-state index contributed by atoms with van der Waals surface area (Å²) in [6.07, 6.45) is 3.74. The van der Waals surface area contributed by atoms with E-state index in [-0.39, 0.29) is 5.91 Å². The minimum atomic E-state index is 0.0953. The van der Waals surface area contributed by atoms with Crippen LogP contribution in [0.15, 0.2) is 36.5 Å². The van der Waals surface area contributed by atoms with E-state index >= 15 is 0 Å². The number of likely N-dealkylation sites (tertiary alicyclic amines) is 1. The Morgan fingerprint density at radius 1 is 1.32 bits per heavy atom. The highest BCUT2D eigenvalue weighted by molar-refractivity contribution is 6.30. The van der Waals surface area contributed by atoms with E-state index in [9.17, 15) is 4.79 Å². The van der Waals surface area contributed by atoms with Gasteiger partial charge in [-0.15, -0.1) is 0 Å². The fourth-order valence-corrected chi connectivity index (χ4v) is 3.19. The fraction of sp³-hybridized carbons (Fsp3) is 0.412. The maximum atomic E-state index is 12.6. The lowest BCUT2D eigenvalue weighted by molar-refractivity contribution is 0.0775. The molecular weight excluding hydrogens is 298 g/mol. The molecule has 0 aliphatic carbocycles. The van der Waals surface area contributed by atoms with E-state index in [2.05, 4.69) is 17.2 Å². The number of hydrogen-bond acceptors (Lipinski definition) is 2. The van der Waals surface area contributed by atoms with Crippen LogP contribution in [-0.2, 0) is 13.0 Å². The predicted molar refractivity (Wildman–Crippen MR) is 87.1 cm³/mol. The molecule has 22 heavy (non-hydrogen) atoms. The summed E-state index contributed by atoms with van der Waals surface area (Å²) < 4.78 is 1.76. The second-order valence-electron chi connectivity index (χ2n) is 5.77. The molecule has 5 heteroatoms. The van der Waals surface area contributed by atoms with E-state index < -0.39 is 0 Å². The topological polar surface area (TPSA) is 38.1 Å². The molecule has 1 aliphatic rings. The van der Waals surface area contributed by atoms with Crippen molar-refractivity contribution in [3.63, 3.8) is 0 Å². The SMILES string of the molecule is CCn1nccc1C(=O)N1CCC(Cc2ccc(Cl)cc2)C1. The van der Waals surface area contributed by atoms with Gasteiger partial charge in [-0.2, -0.15) is 5.10 Å². The zero-order chi connectivity index (χ0) is 15.5. The lowest BCUT2D eigenvalue weighted by Crippen LogP contribution is -2.30. The monoisotopic (exact) mass is 317 g/mol. The molecule has 1 amide bonds. The molecule has 2 heterocycles. The van der Waals surface area contributed by atoms with Crippen molar-refractivity contribution in [3.05, 3.63) is 52.8 Å². The molecule has 1 unspecified atom stereocenters. The third-order valence-corrected chi connectivity index (χ3v) is 4.50. The Bertz CT molecular complexity index is 650. The van der Waals surface area contributed by atoms with Gasteiger partial charge < -0.3 is 4.90 Å². The molecule has 1 aromatic heterocycles. The first-order valence-corrected chi connectivity index (χ1v) is 8.10. The summed E-state index contributed by atoms with van der Waals surface area (Å²) in [7, 11) is 0. The van der Waals surface area contributed by atoms with Gasteiger partial charge in [0.15, 0.2) is 0 Å². The summed E-state index contributed by atoms with van der Waals surface area (Å²) in [6.45, 7) is 4.36. The van der Waals surface area contributed by atoms with Crippen LogP contribution in [0.25, 0.3) is 0 Å². The number of halogens is 1. The van der Waals surface area contributed by atoms with Gasteiger partial charge in [0.25, 0.3) is 5.91 Å². The summed E-state index contributed by atoms with van der Waals surface area (Å²) in [5.41, 5.74) is 1.97. The second kappa shape index (κ2) is 6.53. The second-order valence-corrected chi connectivity index (χ2v) is 6.21. The standard InChI is InChI=1S/C17H20ClN3O/c1-2-21-16(7-9-19-21)17(22)20-10-8-14(12-20)11-13-3-5-15(18)6-4-13/h3-7,9,14H,2,8,10-12H2,1H3. The van der Waals surface area contributed by atoms with Crippen LogP contribution in [0.2, 0.25) is 5.02 Å². The van der Waals surface area contributed by atoms with Crippen LogP contribution in [0.3, 0.4) is 0 Å². The van der Waals surface area contributed by atoms with Gasteiger partial charge in [-0.1, -0.05) is 23.7 Å². The number of nitrogens with zero attached hydrogens (tertiary/aromatic N) is 3. The van der Waals surface area contributed by atoms with E-state index in [4.69, 9.17) is 11.6 Å². The van der Waals surface area contributed by atoms with Crippen LogP contribution in [-0.4, -0.2) is 33.7 Å². The minimum absolute atomic E-state index is 0.0953. The predicted octanol–water partition coefficient (Wildman–Crippen LogP) is 3.26. The third-order valence-electron chi connectivity index (χ3n) is 4.25. The molecule has 0 spiro atoms. The number of rotatable bonds is 4. The smallest absolute Gasteiger partial charge is 0.272 e. The Balaban J connectivity index is 1.62. The average molecular weight is 318 g/mol.